The molecule has 0 saturated carbocycles. The topological polar surface area (TPSA) is 114 Å². The fourth-order valence-electron chi connectivity index (χ4n) is 0. The molecule has 0 aromatic carbocycles. The average Bonchev–Trinajstić information content (AvgIpc) is 1.96. The molecule has 0 amide bonds. The zero-order valence-corrected chi connectivity index (χ0v) is 7.90. The summed E-state index contributed by atoms with van der Waals surface area (Å²) in [7, 11) is -3.67. The maximum atomic E-state index is 9.19. The van der Waals surface area contributed by atoms with Gasteiger partial charge in [-0.15, -0.1) is 0 Å². The van der Waals surface area contributed by atoms with Gasteiger partial charge in [0, 0.05) is 17.4 Å². The normalized spacial score (nSPS) is 5.33. The molecule has 0 aromatic heterocycles. The summed E-state index contributed by atoms with van der Waals surface area (Å²) in [5.74, 6) is 0. The van der Waals surface area contributed by atoms with Crippen molar-refractivity contribution in [1.29, 1.82) is 0 Å². The summed E-state index contributed by atoms with van der Waals surface area (Å²) in [6, 6.07) is 0. The van der Waals surface area contributed by atoms with Crippen LogP contribution in [-0.2, 0) is 41.4 Å². The molecule has 0 atom stereocenters. The van der Waals surface area contributed by atoms with Gasteiger partial charge in [0.1, 0.15) is 0 Å². The Hall–Kier alpha value is -0.338. The van der Waals surface area contributed by atoms with Crippen LogP contribution in [0, 0.1) is 20.0 Å². The van der Waals surface area contributed by atoms with Crippen LogP contribution in [0.3, 0.4) is 0 Å². The first-order valence-electron chi connectivity index (χ1n) is 1.54. The molecule has 0 aliphatic rings. The van der Waals surface area contributed by atoms with Crippen LogP contribution in [0.15, 0.2) is 0 Å². The van der Waals surface area contributed by atoms with Crippen molar-refractivity contribution >= 4 is 10.1 Å². The van der Waals surface area contributed by atoms with E-state index in [1.165, 1.54) is 0 Å². The van der Waals surface area contributed by atoms with Gasteiger partial charge in [0.05, 0.1) is 6.26 Å². The second-order valence-electron chi connectivity index (χ2n) is 0.733. The Kier molecular flexibility index (Phi) is 77.3. The van der Waals surface area contributed by atoms with E-state index in [1.54, 1.807) is 0 Å². The van der Waals surface area contributed by atoms with Crippen molar-refractivity contribution in [2.24, 2.45) is 0 Å². The Bertz CT molecular complexity index is 177. The molecule has 68 valence electrons. The quantitative estimate of drug-likeness (QED) is 0.341. The first kappa shape index (κ1) is 29.9. The van der Waals surface area contributed by atoms with Crippen LogP contribution < -0.4 is 0 Å². The Labute approximate surface area is 81.0 Å². The van der Waals surface area contributed by atoms with E-state index < -0.39 is 10.1 Å². The third-order valence-corrected chi connectivity index (χ3v) is 0. The molecular weight excluding hydrogens is 228 g/mol. The van der Waals surface area contributed by atoms with Gasteiger partial charge in [-0.05, 0) is 0 Å². The molecule has 0 spiro atoms. The molecule has 0 heterocycles. The van der Waals surface area contributed by atoms with Crippen LogP contribution in [0.5, 0.6) is 0 Å². The molecule has 0 unspecified atom stereocenters. The van der Waals surface area contributed by atoms with Gasteiger partial charge in [0.15, 0.2) is 0 Å². The Morgan fingerprint density at radius 3 is 1.00 bits per heavy atom. The molecule has 0 bridgehead atoms. The van der Waals surface area contributed by atoms with E-state index >= 15 is 0 Å². The van der Waals surface area contributed by atoms with E-state index in [1.807, 2.05) is 0 Å². The van der Waals surface area contributed by atoms with Gasteiger partial charge in [-0.1, -0.05) is 0 Å². The number of rotatable bonds is 0. The number of hydrogen-bond acceptors (Lipinski definition) is 2. The van der Waals surface area contributed by atoms with Crippen molar-refractivity contribution in [3.8, 4) is 0 Å². The smallest absolute Gasteiger partial charge is 0 e. The van der Waals surface area contributed by atoms with E-state index in [-0.39, 0.29) is 17.4 Å². The standard InChI is InChI=1S/CH4O3S.3CO.Cr/c1-5(2,3)4;3*1-2;/h1H3,(H,2,3,4);;;;. The third-order valence-electron chi connectivity index (χ3n) is 0. The molecule has 8 heteroatoms. The van der Waals surface area contributed by atoms with Crippen molar-refractivity contribution in [1.82, 2.24) is 0 Å². The van der Waals surface area contributed by atoms with E-state index in [4.69, 9.17) is 18.5 Å². The van der Waals surface area contributed by atoms with E-state index in [2.05, 4.69) is 20.0 Å². The fourth-order valence-corrected chi connectivity index (χ4v) is 0. The van der Waals surface area contributed by atoms with E-state index in [0.717, 1.165) is 0 Å². The van der Waals surface area contributed by atoms with Gasteiger partial charge >= 0.3 is 33.9 Å². The zero-order chi connectivity index (χ0) is 10.5. The molecule has 1 N–H and O–H groups in total. The minimum Gasteiger partial charge on any atom is 0 e. The van der Waals surface area contributed by atoms with Gasteiger partial charge < -0.3 is 0 Å². The zero-order valence-electron chi connectivity index (χ0n) is 5.80. The van der Waals surface area contributed by atoms with Crippen LogP contribution in [0.2, 0.25) is 0 Å². The first-order valence-corrected chi connectivity index (χ1v) is 3.38. The molecule has 0 aromatic rings. The van der Waals surface area contributed by atoms with Crippen LogP contribution in [0.1, 0.15) is 0 Å². The van der Waals surface area contributed by atoms with Gasteiger partial charge in [-0.2, -0.15) is 8.42 Å². The Morgan fingerprint density at radius 2 is 1.00 bits per heavy atom. The minimum absolute atomic E-state index is 0. The van der Waals surface area contributed by atoms with Crippen molar-refractivity contribution in [3.63, 3.8) is 0 Å². The van der Waals surface area contributed by atoms with Gasteiger partial charge in [0.2, 0.25) is 0 Å². The summed E-state index contributed by atoms with van der Waals surface area (Å²) in [5, 5.41) is 0. The molecule has 0 aliphatic carbocycles. The number of hydrogen-bond donors (Lipinski definition) is 1. The Morgan fingerprint density at radius 1 is 1.00 bits per heavy atom. The SMILES string of the molecule is CS(=O)(=O)O.[C-]#[O+].[C-]#[O+].[C-]#[O+].[Cr]. The molecule has 0 radical (unpaired) electrons. The summed E-state index contributed by atoms with van der Waals surface area (Å²) >= 11 is 0. The largest absolute Gasteiger partial charge is 0 e. The maximum Gasteiger partial charge on any atom is 0 e. The summed E-state index contributed by atoms with van der Waals surface area (Å²) in [5.41, 5.74) is 0. The van der Waals surface area contributed by atoms with Crippen molar-refractivity contribution in [3.05, 3.63) is 20.0 Å². The van der Waals surface area contributed by atoms with Crippen LogP contribution in [0.25, 0.3) is 0 Å². The third kappa shape index (κ3) is 6360. The average molecular weight is 232 g/mol. The summed E-state index contributed by atoms with van der Waals surface area (Å²) in [6.45, 7) is 13.5. The maximum absolute atomic E-state index is 9.19. The van der Waals surface area contributed by atoms with Crippen molar-refractivity contribution in [2.45, 2.75) is 0 Å². The molecule has 0 rings (SSSR count). The van der Waals surface area contributed by atoms with E-state index in [0.29, 0.717) is 6.26 Å². The minimum atomic E-state index is -3.67. The molecule has 0 aliphatic heterocycles. The fraction of sp³-hybridized carbons (Fsp3) is 0.250. The predicted molar refractivity (Wildman–Crippen MR) is 29.3 cm³/mol. The van der Waals surface area contributed by atoms with E-state index in [9.17, 15) is 8.42 Å². The second-order valence-corrected chi connectivity index (χ2v) is 2.20. The van der Waals surface area contributed by atoms with Gasteiger partial charge in [-0.25, -0.2) is 0 Å². The molecule has 0 fully saturated rings. The van der Waals surface area contributed by atoms with Crippen LogP contribution in [-0.4, -0.2) is 19.2 Å². The second kappa shape index (κ2) is 31.0. The van der Waals surface area contributed by atoms with Crippen molar-refractivity contribution in [2.75, 3.05) is 6.26 Å². The summed E-state index contributed by atoms with van der Waals surface area (Å²) in [6.07, 6.45) is 0.715. The molecular formula is C4H4CrO6S. The molecule has 6 nitrogen and oxygen atoms in total. The van der Waals surface area contributed by atoms with Crippen LogP contribution >= 0.6 is 0 Å². The first-order chi connectivity index (χ1) is 5.00. The monoisotopic (exact) mass is 232 g/mol. The van der Waals surface area contributed by atoms with Gasteiger partial charge in [-0.3, -0.25) is 4.55 Å². The predicted octanol–water partition coefficient (Wildman–Crippen LogP) is -0.611. The Balaban J connectivity index is -0.0000000203. The van der Waals surface area contributed by atoms with Crippen molar-refractivity contribution < 1.29 is 44.3 Å². The molecule has 12 heavy (non-hydrogen) atoms. The summed E-state index contributed by atoms with van der Waals surface area (Å²) in [4.78, 5) is 0. The molecule has 0 saturated heterocycles. The van der Waals surface area contributed by atoms with Gasteiger partial charge in [0.25, 0.3) is 10.1 Å². The van der Waals surface area contributed by atoms with Crippen LogP contribution in [0.4, 0.5) is 0 Å². The summed E-state index contributed by atoms with van der Waals surface area (Å²) < 4.78 is 48.4.